The van der Waals surface area contributed by atoms with Crippen LogP contribution >= 0.6 is 11.3 Å². The van der Waals surface area contributed by atoms with Gasteiger partial charge in [0.05, 0.1) is 0 Å². The number of piperidine rings is 1. The van der Waals surface area contributed by atoms with E-state index in [2.05, 4.69) is 11.4 Å². The number of hydrogen-bond acceptors (Lipinski definition) is 3. The van der Waals surface area contributed by atoms with Gasteiger partial charge in [-0.2, -0.15) is 0 Å². The van der Waals surface area contributed by atoms with Gasteiger partial charge >= 0.3 is 0 Å². The fourth-order valence-electron chi connectivity index (χ4n) is 3.02. The second-order valence-electron chi connectivity index (χ2n) is 6.02. The Bertz CT molecular complexity index is 670. The molecular formula is C19H22N2O2S. The van der Waals surface area contributed by atoms with Gasteiger partial charge in [-0.05, 0) is 49.3 Å². The first-order valence-corrected chi connectivity index (χ1v) is 9.30. The van der Waals surface area contributed by atoms with E-state index < -0.39 is 6.04 Å². The lowest BCUT2D eigenvalue weighted by molar-refractivity contribution is -0.128. The van der Waals surface area contributed by atoms with Crippen LogP contribution in [0.4, 0.5) is 5.69 Å². The number of carbonyl (C=O) groups excluding carboxylic acids is 2. The minimum Gasteiger partial charge on any atom is -0.344 e. The number of thiophene rings is 1. The molecule has 126 valence electrons. The van der Waals surface area contributed by atoms with Crippen LogP contribution in [0.5, 0.6) is 0 Å². The normalized spacial score (nSPS) is 17.8. The summed E-state index contributed by atoms with van der Waals surface area (Å²) in [6, 6.07) is 13.4. The molecule has 1 unspecified atom stereocenters. The molecule has 2 aromatic rings. The Morgan fingerprint density at radius 1 is 1.21 bits per heavy atom. The van der Waals surface area contributed by atoms with E-state index >= 15 is 0 Å². The predicted molar refractivity (Wildman–Crippen MR) is 97.2 cm³/mol. The first-order valence-electron chi connectivity index (χ1n) is 8.42. The second kappa shape index (κ2) is 8.11. The minimum atomic E-state index is -0.395. The number of aryl methyl sites for hydroxylation is 1. The van der Waals surface area contributed by atoms with E-state index in [0.29, 0.717) is 13.0 Å². The monoisotopic (exact) mass is 342 g/mol. The summed E-state index contributed by atoms with van der Waals surface area (Å²) < 4.78 is 0. The number of para-hydroxylation sites is 1. The Hall–Kier alpha value is -2.14. The Kier molecular flexibility index (Phi) is 5.64. The van der Waals surface area contributed by atoms with Crippen LogP contribution in [0.2, 0.25) is 0 Å². The standard InChI is InChI=1S/C19H22N2O2S/c22-18(12-4-9-16-10-6-14-24-16)20-17-11-5-13-21(19(17)23)15-7-2-1-3-8-15/h1-3,6-8,10,14,17H,4-5,9,11-13H2,(H,20,22). The summed E-state index contributed by atoms with van der Waals surface area (Å²) in [5.74, 6) is -0.0288. The van der Waals surface area contributed by atoms with Crippen LogP contribution < -0.4 is 10.2 Å². The van der Waals surface area contributed by atoms with Crippen molar-refractivity contribution >= 4 is 28.8 Å². The SMILES string of the molecule is O=C(CCCc1cccs1)NC1CCCN(c2ccccc2)C1=O. The van der Waals surface area contributed by atoms with Gasteiger partial charge in [-0.3, -0.25) is 9.59 Å². The van der Waals surface area contributed by atoms with Gasteiger partial charge in [-0.1, -0.05) is 24.3 Å². The molecule has 1 aliphatic rings. The highest BCUT2D eigenvalue weighted by atomic mass is 32.1. The highest BCUT2D eigenvalue weighted by Crippen LogP contribution is 2.21. The molecule has 0 saturated carbocycles. The third-order valence-electron chi connectivity index (χ3n) is 4.25. The van der Waals surface area contributed by atoms with Crippen molar-refractivity contribution < 1.29 is 9.59 Å². The molecule has 0 bridgehead atoms. The van der Waals surface area contributed by atoms with Crippen molar-refractivity contribution in [1.29, 1.82) is 0 Å². The van der Waals surface area contributed by atoms with E-state index in [4.69, 9.17) is 0 Å². The van der Waals surface area contributed by atoms with Crippen LogP contribution in [0.1, 0.15) is 30.6 Å². The second-order valence-corrected chi connectivity index (χ2v) is 7.05. The van der Waals surface area contributed by atoms with Gasteiger partial charge < -0.3 is 10.2 Å². The van der Waals surface area contributed by atoms with Crippen LogP contribution in [-0.2, 0) is 16.0 Å². The summed E-state index contributed by atoms with van der Waals surface area (Å²) in [5.41, 5.74) is 0.902. The fraction of sp³-hybridized carbons (Fsp3) is 0.368. The Morgan fingerprint density at radius 2 is 2.04 bits per heavy atom. The van der Waals surface area contributed by atoms with Crippen molar-refractivity contribution in [3.05, 3.63) is 52.7 Å². The van der Waals surface area contributed by atoms with Crippen molar-refractivity contribution in [2.75, 3.05) is 11.4 Å². The number of rotatable bonds is 6. The molecule has 0 spiro atoms. The van der Waals surface area contributed by atoms with Gasteiger partial charge in [0, 0.05) is 23.5 Å². The summed E-state index contributed by atoms with van der Waals surface area (Å²) in [6.45, 7) is 0.716. The van der Waals surface area contributed by atoms with E-state index in [-0.39, 0.29) is 11.8 Å². The number of carbonyl (C=O) groups is 2. The lowest BCUT2D eigenvalue weighted by Gasteiger charge is -2.32. The van der Waals surface area contributed by atoms with Gasteiger partial charge in [0.2, 0.25) is 11.8 Å². The van der Waals surface area contributed by atoms with Gasteiger partial charge in [0.1, 0.15) is 6.04 Å². The van der Waals surface area contributed by atoms with Gasteiger partial charge in [0.25, 0.3) is 0 Å². The smallest absolute Gasteiger partial charge is 0.249 e. The van der Waals surface area contributed by atoms with Crippen molar-refractivity contribution in [1.82, 2.24) is 5.32 Å². The van der Waals surface area contributed by atoms with E-state index in [9.17, 15) is 9.59 Å². The maximum absolute atomic E-state index is 12.6. The number of nitrogens with one attached hydrogen (secondary N) is 1. The molecule has 1 atom stereocenters. The van der Waals surface area contributed by atoms with E-state index in [1.165, 1.54) is 4.88 Å². The predicted octanol–water partition coefficient (Wildman–Crippen LogP) is 3.38. The maximum atomic E-state index is 12.6. The summed E-state index contributed by atoms with van der Waals surface area (Å²) in [4.78, 5) is 27.9. The average molecular weight is 342 g/mol. The average Bonchev–Trinajstić information content (AvgIpc) is 3.11. The van der Waals surface area contributed by atoms with Crippen LogP contribution in [0.3, 0.4) is 0 Å². The molecule has 1 aliphatic heterocycles. The van der Waals surface area contributed by atoms with Crippen molar-refractivity contribution in [3.63, 3.8) is 0 Å². The summed E-state index contributed by atoms with van der Waals surface area (Å²) >= 11 is 1.72. The fourth-order valence-corrected chi connectivity index (χ4v) is 3.77. The van der Waals surface area contributed by atoms with E-state index in [0.717, 1.165) is 31.4 Å². The molecule has 1 aromatic carbocycles. The molecule has 24 heavy (non-hydrogen) atoms. The van der Waals surface area contributed by atoms with E-state index in [1.54, 1.807) is 16.2 Å². The molecule has 1 fully saturated rings. The summed E-state index contributed by atoms with van der Waals surface area (Å²) in [6.07, 6.45) is 3.82. The lowest BCUT2D eigenvalue weighted by atomic mass is 10.0. The maximum Gasteiger partial charge on any atom is 0.249 e. The topological polar surface area (TPSA) is 49.4 Å². The number of hydrogen-bond donors (Lipinski definition) is 1. The molecule has 4 nitrogen and oxygen atoms in total. The molecule has 1 aromatic heterocycles. The van der Waals surface area contributed by atoms with E-state index in [1.807, 2.05) is 41.8 Å². The summed E-state index contributed by atoms with van der Waals surface area (Å²) in [7, 11) is 0. The number of nitrogens with zero attached hydrogens (tertiary/aromatic N) is 1. The Labute approximate surface area is 146 Å². The third kappa shape index (κ3) is 4.23. The zero-order valence-corrected chi connectivity index (χ0v) is 14.4. The van der Waals surface area contributed by atoms with Crippen LogP contribution in [0.25, 0.3) is 0 Å². The Balaban J connectivity index is 1.50. The minimum absolute atomic E-state index is 0.000873. The molecule has 1 N–H and O–H groups in total. The van der Waals surface area contributed by atoms with Crippen LogP contribution in [-0.4, -0.2) is 24.4 Å². The lowest BCUT2D eigenvalue weighted by Crippen LogP contribution is -2.52. The largest absolute Gasteiger partial charge is 0.344 e. The first-order chi connectivity index (χ1) is 11.7. The van der Waals surface area contributed by atoms with Crippen LogP contribution in [0.15, 0.2) is 47.8 Å². The quantitative estimate of drug-likeness (QED) is 0.875. The van der Waals surface area contributed by atoms with Crippen molar-refractivity contribution in [2.24, 2.45) is 0 Å². The first kappa shape index (κ1) is 16.7. The summed E-state index contributed by atoms with van der Waals surface area (Å²) in [5, 5.41) is 4.97. The number of benzene rings is 1. The van der Waals surface area contributed by atoms with Crippen molar-refractivity contribution in [2.45, 2.75) is 38.1 Å². The van der Waals surface area contributed by atoms with Gasteiger partial charge in [0.15, 0.2) is 0 Å². The zero-order chi connectivity index (χ0) is 16.8. The Morgan fingerprint density at radius 3 is 2.79 bits per heavy atom. The third-order valence-corrected chi connectivity index (χ3v) is 5.19. The number of amides is 2. The van der Waals surface area contributed by atoms with Crippen molar-refractivity contribution in [3.8, 4) is 0 Å². The van der Waals surface area contributed by atoms with Gasteiger partial charge in [-0.15, -0.1) is 11.3 Å². The number of anilines is 1. The molecule has 3 rings (SSSR count). The molecule has 2 heterocycles. The molecule has 0 aliphatic carbocycles. The zero-order valence-electron chi connectivity index (χ0n) is 13.6. The molecule has 5 heteroatoms. The molecule has 0 radical (unpaired) electrons. The highest BCUT2D eigenvalue weighted by Gasteiger charge is 2.30. The highest BCUT2D eigenvalue weighted by molar-refractivity contribution is 7.09. The van der Waals surface area contributed by atoms with Gasteiger partial charge in [-0.25, -0.2) is 0 Å². The molecule has 2 amide bonds. The molecular weight excluding hydrogens is 320 g/mol. The molecule has 1 saturated heterocycles. The van der Waals surface area contributed by atoms with Crippen LogP contribution in [0, 0.1) is 0 Å².